The molecule has 1 heterocycles. The van der Waals surface area contributed by atoms with Gasteiger partial charge in [-0.25, -0.2) is 4.98 Å². The molecule has 0 amide bonds. The summed E-state index contributed by atoms with van der Waals surface area (Å²) in [6.07, 6.45) is 0. The van der Waals surface area contributed by atoms with Crippen LogP contribution in [0.3, 0.4) is 0 Å². The van der Waals surface area contributed by atoms with Crippen LogP contribution in [0.15, 0.2) is 18.2 Å². The molecule has 0 saturated heterocycles. The van der Waals surface area contributed by atoms with Crippen LogP contribution in [0.2, 0.25) is 0 Å². The number of nitrogens with zero attached hydrogens (tertiary/aromatic N) is 2. The molecule has 112 valence electrons. The van der Waals surface area contributed by atoms with Gasteiger partial charge >= 0.3 is 10.4 Å². The van der Waals surface area contributed by atoms with E-state index < -0.39 is 10.4 Å². The monoisotopic (exact) mass is 318 g/mol. The van der Waals surface area contributed by atoms with Crippen LogP contribution in [-0.4, -0.2) is 41.7 Å². The third-order valence-electron chi connectivity index (χ3n) is 2.40. The first-order valence-electron chi connectivity index (χ1n) is 5.69. The standard InChI is InChI=1S/C10H12N2S.C2H6O4S/c1-7-11-9-5-4-8(12(2)3)6-10(9)13-7;1-5-7(3,4)6-2/h4-6H,1-3H3;1-2H3. The largest absolute Gasteiger partial charge is 0.399 e. The van der Waals surface area contributed by atoms with Crippen LogP contribution in [0.1, 0.15) is 5.01 Å². The zero-order valence-electron chi connectivity index (χ0n) is 12.1. The van der Waals surface area contributed by atoms with Crippen molar-refractivity contribution in [3.63, 3.8) is 0 Å². The molecule has 0 bridgehead atoms. The van der Waals surface area contributed by atoms with E-state index in [4.69, 9.17) is 0 Å². The second-order valence-electron chi connectivity index (χ2n) is 4.02. The van der Waals surface area contributed by atoms with Crippen LogP contribution in [0.4, 0.5) is 5.69 Å². The smallest absolute Gasteiger partial charge is 0.378 e. The van der Waals surface area contributed by atoms with Crippen LogP contribution >= 0.6 is 11.3 Å². The van der Waals surface area contributed by atoms with Gasteiger partial charge in [0, 0.05) is 19.8 Å². The summed E-state index contributed by atoms with van der Waals surface area (Å²) < 4.78 is 28.8. The van der Waals surface area contributed by atoms with E-state index in [0.29, 0.717) is 0 Å². The zero-order valence-corrected chi connectivity index (χ0v) is 13.7. The first-order chi connectivity index (χ1) is 9.29. The fraction of sp³-hybridized carbons (Fsp3) is 0.417. The summed E-state index contributed by atoms with van der Waals surface area (Å²) >= 11 is 1.75. The second-order valence-corrected chi connectivity index (χ2v) is 6.74. The molecule has 2 rings (SSSR count). The van der Waals surface area contributed by atoms with Crippen molar-refractivity contribution in [1.29, 1.82) is 0 Å². The Balaban J connectivity index is 0.000000246. The quantitative estimate of drug-likeness (QED) is 0.864. The van der Waals surface area contributed by atoms with E-state index >= 15 is 0 Å². The molecule has 0 atom stereocenters. The lowest BCUT2D eigenvalue weighted by Gasteiger charge is -2.11. The Morgan fingerprint density at radius 2 is 1.80 bits per heavy atom. The minimum Gasteiger partial charge on any atom is -0.378 e. The number of fused-ring (bicyclic) bond motifs is 1. The molecule has 1 aromatic carbocycles. The number of hydrogen-bond donors (Lipinski definition) is 0. The number of aromatic nitrogens is 1. The van der Waals surface area contributed by atoms with E-state index in [0.717, 1.165) is 24.7 Å². The number of rotatable bonds is 3. The van der Waals surface area contributed by atoms with Crippen LogP contribution in [-0.2, 0) is 18.8 Å². The van der Waals surface area contributed by atoms with Crippen molar-refractivity contribution in [3.05, 3.63) is 23.2 Å². The maximum atomic E-state index is 9.92. The molecule has 6 nitrogen and oxygen atoms in total. The zero-order chi connectivity index (χ0) is 15.3. The Hall–Kier alpha value is -1.22. The molecule has 0 aliphatic carbocycles. The molecule has 20 heavy (non-hydrogen) atoms. The first kappa shape index (κ1) is 16.8. The first-order valence-corrected chi connectivity index (χ1v) is 7.84. The highest BCUT2D eigenvalue weighted by Gasteiger charge is 2.02. The van der Waals surface area contributed by atoms with Gasteiger partial charge < -0.3 is 4.90 Å². The summed E-state index contributed by atoms with van der Waals surface area (Å²) in [6, 6.07) is 6.36. The average molecular weight is 318 g/mol. The Kier molecular flexibility index (Phi) is 5.88. The third-order valence-corrected chi connectivity index (χ3v) is 4.15. The molecule has 0 N–H and O–H groups in total. The summed E-state index contributed by atoms with van der Waals surface area (Å²) in [5, 5.41) is 1.13. The SMILES string of the molecule is COS(=O)(=O)OC.Cc1nc2ccc(N(C)C)cc2s1. The summed E-state index contributed by atoms with van der Waals surface area (Å²) in [7, 11) is 2.50. The fourth-order valence-corrected chi connectivity index (χ4v) is 2.37. The van der Waals surface area contributed by atoms with Crippen molar-refractivity contribution in [2.45, 2.75) is 6.92 Å². The molecule has 0 radical (unpaired) electrons. The lowest BCUT2D eigenvalue weighted by Crippen LogP contribution is -2.07. The van der Waals surface area contributed by atoms with E-state index in [1.807, 2.05) is 6.92 Å². The van der Waals surface area contributed by atoms with Gasteiger partial charge in [-0.05, 0) is 25.1 Å². The summed E-state index contributed by atoms with van der Waals surface area (Å²) in [4.78, 5) is 6.52. The normalized spacial score (nSPS) is 11.1. The molecule has 0 aliphatic heterocycles. The van der Waals surface area contributed by atoms with Gasteiger partial charge in [0.05, 0.1) is 29.4 Å². The van der Waals surface area contributed by atoms with E-state index in [2.05, 4.69) is 50.5 Å². The maximum absolute atomic E-state index is 9.92. The number of anilines is 1. The minimum absolute atomic E-state index is 1.03. The highest BCUT2D eigenvalue weighted by atomic mass is 32.3. The van der Waals surface area contributed by atoms with Crippen molar-refractivity contribution >= 4 is 37.6 Å². The van der Waals surface area contributed by atoms with Crippen molar-refractivity contribution in [1.82, 2.24) is 4.98 Å². The topological polar surface area (TPSA) is 68.7 Å². The molecule has 0 saturated carbocycles. The summed E-state index contributed by atoms with van der Waals surface area (Å²) in [6.45, 7) is 2.04. The maximum Gasteiger partial charge on any atom is 0.399 e. The lowest BCUT2D eigenvalue weighted by atomic mass is 10.3. The average Bonchev–Trinajstić information content (AvgIpc) is 2.78. The van der Waals surface area contributed by atoms with Gasteiger partial charge in [0.15, 0.2) is 0 Å². The van der Waals surface area contributed by atoms with Crippen LogP contribution < -0.4 is 4.90 Å². The number of thiazole rings is 1. The minimum atomic E-state index is -3.66. The van der Waals surface area contributed by atoms with Gasteiger partial charge in [0.2, 0.25) is 0 Å². The highest BCUT2D eigenvalue weighted by molar-refractivity contribution is 7.81. The number of hydrogen-bond acceptors (Lipinski definition) is 7. The van der Waals surface area contributed by atoms with Gasteiger partial charge in [0.1, 0.15) is 0 Å². The van der Waals surface area contributed by atoms with Gasteiger partial charge in [0.25, 0.3) is 0 Å². The summed E-state index contributed by atoms with van der Waals surface area (Å²) in [5.41, 5.74) is 2.34. The molecule has 0 unspecified atom stereocenters. The molecular formula is C12H18N2O4S2. The fourth-order valence-electron chi connectivity index (χ4n) is 1.37. The van der Waals surface area contributed by atoms with Gasteiger partial charge in [-0.1, -0.05) is 0 Å². The molecule has 2 aromatic rings. The third kappa shape index (κ3) is 4.71. The molecule has 8 heteroatoms. The van der Waals surface area contributed by atoms with E-state index in [1.165, 1.54) is 10.4 Å². The highest BCUT2D eigenvalue weighted by Crippen LogP contribution is 2.25. The predicted molar refractivity (Wildman–Crippen MR) is 81.6 cm³/mol. The molecule has 0 aliphatic rings. The predicted octanol–water partition coefficient (Wildman–Crippen LogP) is 2.19. The van der Waals surface area contributed by atoms with E-state index in [1.54, 1.807) is 11.3 Å². The van der Waals surface area contributed by atoms with E-state index in [9.17, 15) is 8.42 Å². The van der Waals surface area contributed by atoms with Gasteiger partial charge in [-0.2, -0.15) is 8.42 Å². The Morgan fingerprint density at radius 3 is 2.25 bits per heavy atom. The van der Waals surface area contributed by atoms with Crippen molar-refractivity contribution in [3.8, 4) is 0 Å². The lowest BCUT2D eigenvalue weighted by molar-refractivity contribution is 0.286. The van der Waals surface area contributed by atoms with Gasteiger partial charge in [-0.3, -0.25) is 8.37 Å². The Bertz CT molecular complexity index is 655. The van der Waals surface area contributed by atoms with Crippen molar-refractivity contribution < 1.29 is 16.8 Å². The van der Waals surface area contributed by atoms with E-state index in [-0.39, 0.29) is 0 Å². The second kappa shape index (κ2) is 6.98. The Morgan fingerprint density at radius 1 is 1.20 bits per heavy atom. The molecule has 0 fully saturated rings. The van der Waals surface area contributed by atoms with Crippen LogP contribution in [0, 0.1) is 6.92 Å². The van der Waals surface area contributed by atoms with Crippen LogP contribution in [0.25, 0.3) is 10.2 Å². The van der Waals surface area contributed by atoms with Crippen molar-refractivity contribution in [2.75, 3.05) is 33.2 Å². The Labute approximate surface area is 123 Å². The summed E-state index contributed by atoms with van der Waals surface area (Å²) in [5.74, 6) is 0. The number of benzene rings is 1. The number of aryl methyl sites for hydroxylation is 1. The molecule has 1 aromatic heterocycles. The van der Waals surface area contributed by atoms with Gasteiger partial charge in [-0.15, -0.1) is 11.3 Å². The molecular weight excluding hydrogens is 300 g/mol. The molecule has 0 spiro atoms. The van der Waals surface area contributed by atoms with Crippen molar-refractivity contribution in [2.24, 2.45) is 0 Å². The van der Waals surface area contributed by atoms with Crippen LogP contribution in [0.5, 0.6) is 0 Å².